The molecule has 1 fully saturated rings. The summed E-state index contributed by atoms with van der Waals surface area (Å²) >= 11 is 0. The Bertz CT molecular complexity index is 1090. The molecule has 0 spiro atoms. The third kappa shape index (κ3) is 5.15. The van der Waals surface area contributed by atoms with Gasteiger partial charge in [-0.2, -0.15) is 0 Å². The van der Waals surface area contributed by atoms with Crippen molar-refractivity contribution in [2.45, 2.75) is 51.7 Å². The molecule has 1 saturated heterocycles. The molecular weight excluding hydrogens is 425 g/mol. The third-order valence-electron chi connectivity index (χ3n) is 6.14. The summed E-state index contributed by atoms with van der Waals surface area (Å²) in [4.78, 5) is 0. The Balaban J connectivity index is 1.51. The summed E-state index contributed by atoms with van der Waals surface area (Å²) in [5, 5.41) is 0. The van der Waals surface area contributed by atoms with Crippen molar-refractivity contribution in [2.75, 3.05) is 13.2 Å². The maximum atomic E-state index is 15.0. The van der Waals surface area contributed by atoms with E-state index in [1.165, 1.54) is 6.07 Å². The van der Waals surface area contributed by atoms with Gasteiger partial charge in [0, 0.05) is 17.0 Å². The van der Waals surface area contributed by atoms with E-state index in [9.17, 15) is 13.2 Å². The van der Waals surface area contributed by atoms with Gasteiger partial charge in [-0.15, -0.1) is 0 Å². The molecule has 3 aromatic rings. The standard InChI is InChI=1S/C28H29F3O2/c1-3-5-20-11-14-24(28(31)27(20)30)19-9-7-18(8-10-19)23-13-12-21(15-25(23)29)22-16-32-26(6-4-2)33-17-22/h7-15,22,26H,3-6,16-17H2,1-2H3. The van der Waals surface area contributed by atoms with Gasteiger partial charge in [-0.1, -0.05) is 75.2 Å². The Morgan fingerprint density at radius 2 is 1.39 bits per heavy atom. The maximum Gasteiger partial charge on any atom is 0.166 e. The predicted octanol–water partition coefficient (Wildman–Crippen LogP) is 7.65. The van der Waals surface area contributed by atoms with Crippen LogP contribution in [-0.2, 0) is 15.9 Å². The summed E-state index contributed by atoms with van der Waals surface area (Å²) in [6.07, 6.45) is 2.92. The van der Waals surface area contributed by atoms with E-state index in [4.69, 9.17) is 9.47 Å². The Kier molecular flexibility index (Phi) is 7.51. The summed E-state index contributed by atoms with van der Waals surface area (Å²) < 4.78 is 55.4. The molecule has 0 aliphatic carbocycles. The van der Waals surface area contributed by atoms with E-state index in [1.54, 1.807) is 42.5 Å². The number of halogens is 3. The van der Waals surface area contributed by atoms with Gasteiger partial charge in [0.2, 0.25) is 0 Å². The fourth-order valence-corrected chi connectivity index (χ4v) is 4.26. The zero-order valence-electron chi connectivity index (χ0n) is 19.0. The van der Waals surface area contributed by atoms with Crippen LogP contribution in [0.2, 0.25) is 0 Å². The molecule has 2 nitrogen and oxygen atoms in total. The molecule has 33 heavy (non-hydrogen) atoms. The monoisotopic (exact) mass is 454 g/mol. The second-order valence-corrected chi connectivity index (χ2v) is 8.55. The first-order valence-electron chi connectivity index (χ1n) is 11.6. The van der Waals surface area contributed by atoms with Crippen molar-refractivity contribution < 1.29 is 22.6 Å². The zero-order valence-corrected chi connectivity index (χ0v) is 19.0. The molecule has 0 N–H and O–H groups in total. The van der Waals surface area contributed by atoms with Gasteiger partial charge in [0.25, 0.3) is 0 Å². The molecule has 4 rings (SSSR count). The van der Waals surface area contributed by atoms with Gasteiger partial charge < -0.3 is 9.47 Å². The van der Waals surface area contributed by atoms with Crippen molar-refractivity contribution in [3.63, 3.8) is 0 Å². The fourth-order valence-electron chi connectivity index (χ4n) is 4.26. The first kappa shape index (κ1) is 23.5. The van der Waals surface area contributed by atoms with Crippen molar-refractivity contribution in [1.29, 1.82) is 0 Å². The quantitative estimate of drug-likeness (QED) is 0.365. The van der Waals surface area contributed by atoms with Crippen molar-refractivity contribution in [3.05, 3.63) is 83.2 Å². The third-order valence-corrected chi connectivity index (χ3v) is 6.14. The Morgan fingerprint density at radius 1 is 0.758 bits per heavy atom. The van der Waals surface area contributed by atoms with Gasteiger partial charge in [0.1, 0.15) is 5.82 Å². The minimum atomic E-state index is -0.845. The lowest BCUT2D eigenvalue weighted by Gasteiger charge is -2.29. The van der Waals surface area contributed by atoms with Crippen LogP contribution in [0.5, 0.6) is 0 Å². The molecule has 0 aromatic heterocycles. The molecule has 1 heterocycles. The maximum absolute atomic E-state index is 15.0. The lowest BCUT2D eigenvalue weighted by Crippen LogP contribution is -2.30. The molecule has 0 amide bonds. The van der Waals surface area contributed by atoms with Crippen LogP contribution in [0.15, 0.2) is 54.6 Å². The average Bonchev–Trinajstić information content (AvgIpc) is 2.83. The average molecular weight is 455 g/mol. The van der Waals surface area contributed by atoms with Crippen molar-refractivity contribution in [3.8, 4) is 22.3 Å². The fraction of sp³-hybridized carbons (Fsp3) is 0.357. The summed E-state index contributed by atoms with van der Waals surface area (Å²) in [5.74, 6) is -1.98. The molecule has 3 aromatic carbocycles. The normalized spacial score (nSPS) is 18.5. The highest BCUT2D eigenvalue weighted by Gasteiger charge is 2.24. The molecule has 0 bridgehead atoms. The molecule has 5 heteroatoms. The molecule has 0 radical (unpaired) electrons. The first-order chi connectivity index (χ1) is 16.0. The second kappa shape index (κ2) is 10.5. The zero-order chi connectivity index (χ0) is 23.4. The van der Waals surface area contributed by atoms with Crippen molar-refractivity contribution in [1.82, 2.24) is 0 Å². The molecule has 0 atom stereocenters. The van der Waals surface area contributed by atoms with E-state index < -0.39 is 11.6 Å². The summed E-state index contributed by atoms with van der Waals surface area (Å²) in [5.41, 5.74) is 3.10. The summed E-state index contributed by atoms with van der Waals surface area (Å²) in [6.45, 7) is 5.03. The van der Waals surface area contributed by atoms with Gasteiger partial charge in [0.05, 0.1) is 13.2 Å². The van der Waals surface area contributed by atoms with E-state index in [2.05, 4.69) is 6.92 Å². The summed E-state index contributed by atoms with van der Waals surface area (Å²) in [6, 6.07) is 15.2. The van der Waals surface area contributed by atoms with E-state index >= 15 is 0 Å². The predicted molar refractivity (Wildman–Crippen MR) is 125 cm³/mol. The number of benzene rings is 3. The SMILES string of the molecule is CCCc1ccc(-c2ccc(-c3ccc(C4COC(CCC)OC4)cc3F)cc2)c(F)c1F. The molecular formula is C28H29F3O2. The number of ether oxygens (including phenoxy) is 2. The molecule has 1 aliphatic rings. The van der Waals surface area contributed by atoms with Crippen LogP contribution >= 0.6 is 0 Å². The Hall–Kier alpha value is -2.63. The molecule has 0 saturated carbocycles. The van der Waals surface area contributed by atoms with Crippen molar-refractivity contribution >= 4 is 0 Å². The van der Waals surface area contributed by atoms with E-state index in [1.807, 2.05) is 13.0 Å². The Morgan fingerprint density at radius 3 is 2.00 bits per heavy atom. The lowest BCUT2D eigenvalue weighted by molar-refractivity contribution is -0.189. The highest BCUT2D eigenvalue weighted by atomic mass is 19.2. The minimum Gasteiger partial charge on any atom is -0.352 e. The van der Waals surface area contributed by atoms with E-state index in [-0.39, 0.29) is 23.6 Å². The van der Waals surface area contributed by atoms with Crippen molar-refractivity contribution in [2.24, 2.45) is 0 Å². The molecule has 1 aliphatic heterocycles. The van der Waals surface area contributed by atoms with Gasteiger partial charge in [-0.3, -0.25) is 0 Å². The molecule has 0 unspecified atom stereocenters. The van der Waals surface area contributed by atoms with E-state index in [0.717, 1.165) is 24.8 Å². The largest absolute Gasteiger partial charge is 0.352 e. The lowest BCUT2D eigenvalue weighted by atomic mass is 9.94. The van der Waals surface area contributed by atoms with Crippen LogP contribution in [0.1, 0.15) is 50.2 Å². The Labute approximate surface area is 193 Å². The minimum absolute atomic E-state index is 0.00224. The van der Waals surface area contributed by atoms with Crippen LogP contribution in [0.3, 0.4) is 0 Å². The second-order valence-electron chi connectivity index (χ2n) is 8.55. The highest BCUT2D eigenvalue weighted by Crippen LogP contribution is 2.32. The van der Waals surface area contributed by atoms with Gasteiger partial charge in [-0.05, 0) is 41.2 Å². The van der Waals surface area contributed by atoms with Crippen LogP contribution in [0.25, 0.3) is 22.3 Å². The van der Waals surface area contributed by atoms with Gasteiger partial charge >= 0.3 is 0 Å². The first-order valence-corrected chi connectivity index (χ1v) is 11.6. The summed E-state index contributed by atoms with van der Waals surface area (Å²) in [7, 11) is 0. The van der Waals surface area contributed by atoms with Crippen LogP contribution in [-0.4, -0.2) is 19.5 Å². The topological polar surface area (TPSA) is 18.5 Å². The van der Waals surface area contributed by atoms with Crippen LogP contribution < -0.4 is 0 Å². The van der Waals surface area contributed by atoms with Gasteiger partial charge in [-0.25, -0.2) is 13.2 Å². The van der Waals surface area contributed by atoms with E-state index in [0.29, 0.717) is 41.9 Å². The number of rotatable bonds is 7. The number of aryl methyl sites for hydroxylation is 1. The van der Waals surface area contributed by atoms with Gasteiger partial charge in [0.15, 0.2) is 17.9 Å². The van der Waals surface area contributed by atoms with Crippen LogP contribution in [0.4, 0.5) is 13.2 Å². The smallest absolute Gasteiger partial charge is 0.166 e. The number of hydrogen-bond acceptors (Lipinski definition) is 2. The van der Waals surface area contributed by atoms with Crippen LogP contribution in [0, 0.1) is 17.5 Å². The highest BCUT2D eigenvalue weighted by molar-refractivity contribution is 5.71. The number of hydrogen-bond donors (Lipinski definition) is 0. The molecule has 174 valence electrons.